The largest absolute Gasteiger partial charge is 0.506 e. The van der Waals surface area contributed by atoms with Gasteiger partial charge in [0.05, 0.1) is 5.69 Å². The number of nitrogens with one attached hydrogen (secondary N) is 1. The molecule has 0 aromatic heterocycles. The van der Waals surface area contributed by atoms with E-state index in [0.29, 0.717) is 0 Å². The van der Waals surface area contributed by atoms with Gasteiger partial charge in [-0.25, -0.2) is 0 Å². The van der Waals surface area contributed by atoms with Crippen molar-refractivity contribution in [1.29, 1.82) is 0 Å². The summed E-state index contributed by atoms with van der Waals surface area (Å²) < 4.78 is 0. The van der Waals surface area contributed by atoms with Gasteiger partial charge in [0.2, 0.25) is 0 Å². The minimum Gasteiger partial charge on any atom is -0.506 e. The number of aryl methyl sites for hydroxylation is 1. The molecule has 0 aliphatic heterocycles. The van der Waals surface area contributed by atoms with Gasteiger partial charge in [-0.05, 0) is 126 Å². The van der Waals surface area contributed by atoms with Crippen LogP contribution in [0, 0.1) is 137 Å². The van der Waals surface area contributed by atoms with Crippen LogP contribution in [-0.2, 0) is 4.79 Å². The van der Waals surface area contributed by atoms with Crippen LogP contribution >= 0.6 is 0 Å². The molecule has 1 rings (SSSR count). The molecular formula is C31H11NO2. The molecule has 0 unspecified atom stereocenters. The van der Waals surface area contributed by atoms with E-state index in [0.717, 1.165) is 5.56 Å². The van der Waals surface area contributed by atoms with Gasteiger partial charge in [0, 0.05) is 29.6 Å². The number of hydrogen-bond donors (Lipinski definition) is 2. The summed E-state index contributed by atoms with van der Waals surface area (Å²) in [7, 11) is 0. The van der Waals surface area contributed by atoms with Crippen LogP contribution in [0.4, 0.5) is 5.69 Å². The van der Waals surface area contributed by atoms with Gasteiger partial charge in [0.25, 0.3) is 0 Å². The average Bonchev–Trinajstić information content (AvgIpc) is 2.82. The number of rotatable bonds is 1. The molecule has 1 aromatic carbocycles. The van der Waals surface area contributed by atoms with E-state index in [9.17, 15) is 9.90 Å². The second-order valence-corrected chi connectivity index (χ2v) is 5.35. The van der Waals surface area contributed by atoms with Gasteiger partial charge in [0.1, 0.15) is 5.75 Å². The number of benzene rings is 1. The minimum atomic E-state index is -0.604. The minimum absolute atomic E-state index is 0.0468. The quantitative estimate of drug-likeness (QED) is 0.528. The van der Waals surface area contributed by atoms with Gasteiger partial charge in [-0.1, -0.05) is 12.0 Å². The topological polar surface area (TPSA) is 49.3 Å². The fourth-order valence-corrected chi connectivity index (χ4v) is 1.62. The highest BCUT2D eigenvalue weighted by Crippen LogP contribution is 2.23. The van der Waals surface area contributed by atoms with Gasteiger partial charge in [0.15, 0.2) is 0 Å². The van der Waals surface area contributed by atoms with Gasteiger partial charge >= 0.3 is 5.91 Å². The molecule has 0 radical (unpaired) electrons. The molecule has 0 heterocycles. The highest BCUT2D eigenvalue weighted by molar-refractivity contribution is 6.05. The van der Waals surface area contributed by atoms with E-state index in [1.54, 1.807) is 19.1 Å². The van der Waals surface area contributed by atoms with Crippen molar-refractivity contribution in [2.24, 2.45) is 0 Å². The van der Waals surface area contributed by atoms with E-state index in [1.165, 1.54) is 6.07 Å². The summed E-state index contributed by atoms with van der Waals surface area (Å²) in [5.41, 5.74) is 1.16. The average molecular weight is 429 g/mol. The Morgan fingerprint density at radius 2 is 1.03 bits per heavy atom. The van der Waals surface area contributed by atoms with Crippen LogP contribution in [0.1, 0.15) is 12.5 Å². The van der Waals surface area contributed by atoms with Crippen LogP contribution in [0.15, 0.2) is 18.2 Å². The maximum absolute atomic E-state index is 11.7. The Hall–Kier alpha value is -6.35. The molecule has 0 atom stereocenters. The number of phenolic OH excluding ortho intramolecular Hbond substituents is 1. The molecule has 152 valence electrons. The SMILES string of the molecule is CC#CC#CC#CC#CC#CC#CC#CC#CC#CC#CC#CC(=O)Nc1cc(C)ccc1O. The molecule has 0 aliphatic carbocycles. The van der Waals surface area contributed by atoms with E-state index >= 15 is 0 Å². The summed E-state index contributed by atoms with van der Waals surface area (Å²) in [5, 5.41) is 12.1. The maximum atomic E-state index is 11.7. The van der Waals surface area contributed by atoms with E-state index in [2.05, 4.69) is 136 Å². The van der Waals surface area contributed by atoms with Crippen LogP contribution < -0.4 is 5.32 Å². The number of anilines is 1. The van der Waals surface area contributed by atoms with Crippen molar-refractivity contribution in [2.75, 3.05) is 5.32 Å². The van der Waals surface area contributed by atoms with Crippen molar-refractivity contribution >= 4 is 11.6 Å². The van der Waals surface area contributed by atoms with E-state index in [-0.39, 0.29) is 11.4 Å². The molecule has 2 N–H and O–H groups in total. The number of phenols is 1. The third kappa shape index (κ3) is 13.8. The fourth-order valence-electron chi connectivity index (χ4n) is 1.62. The Morgan fingerprint density at radius 1 is 0.647 bits per heavy atom. The Kier molecular flexibility index (Phi) is 13.2. The van der Waals surface area contributed by atoms with Crippen LogP contribution in [0.3, 0.4) is 0 Å². The molecule has 1 aromatic rings. The Morgan fingerprint density at radius 3 is 1.44 bits per heavy atom. The first-order chi connectivity index (χ1) is 16.6. The first-order valence-corrected chi connectivity index (χ1v) is 9.17. The zero-order valence-electron chi connectivity index (χ0n) is 18.1. The van der Waals surface area contributed by atoms with Crippen molar-refractivity contribution in [3.8, 4) is 136 Å². The maximum Gasteiger partial charge on any atom is 0.301 e. The van der Waals surface area contributed by atoms with Crippen molar-refractivity contribution in [3.05, 3.63) is 23.8 Å². The third-order valence-corrected chi connectivity index (χ3v) is 2.89. The van der Waals surface area contributed by atoms with Crippen molar-refractivity contribution in [3.63, 3.8) is 0 Å². The normalized spacial score (nSPS) is 5.94. The highest BCUT2D eigenvalue weighted by Gasteiger charge is 2.03. The van der Waals surface area contributed by atoms with E-state index in [1.807, 2.05) is 6.92 Å². The first-order valence-electron chi connectivity index (χ1n) is 9.17. The third-order valence-electron chi connectivity index (χ3n) is 2.89. The monoisotopic (exact) mass is 429 g/mol. The summed E-state index contributed by atoms with van der Waals surface area (Å²) in [4.78, 5) is 11.7. The zero-order chi connectivity index (χ0) is 24.7. The predicted molar refractivity (Wildman–Crippen MR) is 133 cm³/mol. The Bertz CT molecular complexity index is 1680. The molecule has 0 saturated heterocycles. The number of carbonyl (C=O) groups excluding carboxylic acids is 1. The molecule has 3 nitrogen and oxygen atoms in total. The highest BCUT2D eigenvalue weighted by atomic mass is 16.3. The van der Waals surface area contributed by atoms with E-state index in [4.69, 9.17) is 0 Å². The lowest BCUT2D eigenvalue weighted by atomic mass is 10.2. The molecular weight excluding hydrogens is 418 g/mol. The van der Waals surface area contributed by atoms with Crippen LogP contribution in [0.2, 0.25) is 0 Å². The van der Waals surface area contributed by atoms with Crippen molar-refractivity contribution in [1.82, 2.24) is 0 Å². The van der Waals surface area contributed by atoms with Gasteiger partial charge in [-0.2, -0.15) is 0 Å². The van der Waals surface area contributed by atoms with Crippen LogP contribution in [-0.4, -0.2) is 11.0 Å². The molecule has 1 amide bonds. The predicted octanol–water partition coefficient (Wildman–Crippen LogP) is 1.70. The fraction of sp³-hybridized carbons (Fsp3) is 0.0645. The number of amides is 1. The second kappa shape index (κ2) is 17.5. The summed E-state index contributed by atoms with van der Waals surface area (Å²) in [5.74, 6) is 53.8. The lowest BCUT2D eigenvalue weighted by Crippen LogP contribution is -2.08. The molecule has 34 heavy (non-hydrogen) atoms. The Labute approximate surface area is 200 Å². The van der Waals surface area contributed by atoms with E-state index < -0.39 is 5.91 Å². The van der Waals surface area contributed by atoms with Gasteiger partial charge < -0.3 is 10.4 Å². The second-order valence-electron chi connectivity index (χ2n) is 5.35. The molecule has 0 aliphatic rings. The molecule has 0 fully saturated rings. The standard InChI is InChI=1S/C31H11NO2/c1-3-4-5-6-7-8-9-10-11-12-13-14-15-16-17-18-19-20-21-22-23-24-31(34)32-29-27-28(2)25-26-30(29)33/h25-27,33H,1-2H3,(H,32,34). The number of aromatic hydroxyl groups is 1. The summed E-state index contributed by atoms with van der Waals surface area (Å²) in [6.45, 7) is 3.52. The molecule has 0 bridgehead atoms. The van der Waals surface area contributed by atoms with Crippen LogP contribution in [0.25, 0.3) is 0 Å². The summed E-state index contributed by atoms with van der Waals surface area (Å²) in [6, 6.07) is 4.83. The first kappa shape index (κ1) is 25.7. The number of hydrogen-bond acceptors (Lipinski definition) is 2. The lowest BCUT2D eigenvalue weighted by Gasteiger charge is -2.04. The lowest BCUT2D eigenvalue weighted by molar-refractivity contribution is -0.111. The molecule has 0 saturated carbocycles. The molecule has 3 heteroatoms. The summed E-state index contributed by atoms with van der Waals surface area (Å²) >= 11 is 0. The number of carbonyl (C=O) groups is 1. The van der Waals surface area contributed by atoms with Gasteiger partial charge in [-0.15, -0.1) is 0 Å². The van der Waals surface area contributed by atoms with Crippen LogP contribution in [0.5, 0.6) is 5.75 Å². The zero-order valence-corrected chi connectivity index (χ0v) is 18.1. The molecule has 0 spiro atoms. The summed E-state index contributed by atoms with van der Waals surface area (Å²) in [6.07, 6.45) is 0. The smallest absolute Gasteiger partial charge is 0.301 e. The van der Waals surface area contributed by atoms with Gasteiger partial charge in [-0.3, -0.25) is 4.79 Å². The van der Waals surface area contributed by atoms with Crippen molar-refractivity contribution < 1.29 is 9.90 Å². The van der Waals surface area contributed by atoms with Crippen molar-refractivity contribution in [2.45, 2.75) is 13.8 Å². The Balaban J connectivity index is 2.47.